The first kappa shape index (κ1) is 27.3. The van der Waals surface area contributed by atoms with Crippen LogP contribution in [-0.2, 0) is 9.84 Å². The van der Waals surface area contributed by atoms with E-state index in [0.717, 1.165) is 67.9 Å². The van der Waals surface area contributed by atoms with Gasteiger partial charge >= 0.3 is 0 Å². The second-order valence-corrected chi connectivity index (χ2v) is 14.7. The number of H-pyrrole nitrogens is 1. The normalized spacial score (nSPS) is 26.1. The van der Waals surface area contributed by atoms with Crippen molar-refractivity contribution < 1.29 is 8.42 Å². The molecule has 2 heterocycles. The van der Waals surface area contributed by atoms with Gasteiger partial charge in [0.25, 0.3) is 0 Å². The van der Waals surface area contributed by atoms with Crippen LogP contribution in [0.2, 0.25) is 0 Å². The highest BCUT2D eigenvalue weighted by Gasteiger charge is 2.32. The van der Waals surface area contributed by atoms with Gasteiger partial charge in [0.1, 0.15) is 32.6 Å². The molecule has 4 rings (SSSR count). The highest BCUT2D eigenvalue weighted by Crippen LogP contribution is 2.32. The average Bonchev–Trinajstić information content (AvgIpc) is 3.34. The van der Waals surface area contributed by atoms with Crippen LogP contribution >= 0.6 is 21.3 Å². The minimum Gasteiger partial charge on any atom is -0.356 e. The van der Waals surface area contributed by atoms with Crippen LogP contribution < -0.4 is 10.7 Å². The van der Waals surface area contributed by atoms with Gasteiger partial charge in [0.05, 0.1) is 16.2 Å². The Morgan fingerprint density at radius 2 is 1.46 bits per heavy atom. The van der Waals surface area contributed by atoms with Gasteiger partial charge in [-0.15, -0.1) is 0 Å². The van der Waals surface area contributed by atoms with E-state index in [4.69, 9.17) is 3.15 Å². The van der Waals surface area contributed by atoms with Gasteiger partial charge in [-0.25, -0.2) is 8.42 Å². The van der Waals surface area contributed by atoms with E-state index in [1.807, 2.05) is 6.20 Å². The fraction of sp³-hybridized carbons (Fsp3) is 0.815. The van der Waals surface area contributed by atoms with E-state index in [-0.39, 0.29) is 5.25 Å². The zero-order chi connectivity index (χ0) is 24.5. The predicted octanol–water partition coefficient (Wildman–Crippen LogP) is 6.14. The summed E-state index contributed by atoms with van der Waals surface area (Å²) in [7, 11) is -0.874. The van der Waals surface area contributed by atoms with E-state index in [0.29, 0.717) is 17.7 Å². The van der Waals surface area contributed by atoms with Crippen LogP contribution in [0.1, 0.15) is 109 Å². The van der Waals surface area contributed by atoms with Crippen molar-refractivity contribution in [3.63, 3.8) is 0 Å². The molecule has 8 heteroatoms. The summed E-state index contributed by atoms with van der Waals surface area (Å²) in [4.78, 5) is 5.56. The second-order valence-electron chi connectivity index (χ2n) is 11.0. The fourth-order valence-corrected chi connectivity index (χ4v) is 10.0. The maximum absolute atomic E-state index is 13.5. The molecule has 6 nitrogen and oxygen atoms in total. The molecule has 2 saturated carbocycles. The number of halogens is 1. The molecule has 2 fully saturated rings. The SMILES string of the molecule is CN(C1=c2cc[nH]c2=NI=N1)C1CCC(CS(=O)(=O)C2CCCCCCCCCCCCC2)CC1. The maximum Gasteiger partial charge on any atom is 0.153 e. The summed E-state index contributed by atoms with van der Waals surface area (Å²) in [5, 5.41) is 0.999. The Kier molecular flexibility index (Phi) is 10.7. The van der Waals surface area contributed by atoms with Crippen LogP contribution in [0.25, 0.3) is 5.82 Å². The van der Waals surface area contributed by atoms with E-state index < -0.39 is 31.1 Å². The zero-order valence-corrected chi connectivity index (χ0v) is 24.5. The molecule has 0 unspecified atom stereocenters. The van der Waals surface area contributed by atoms with Crippen LogP contribution in [0.4, 0.5) is 0 Å². The lowest BCUT2D eigenvalue weighted by Crippen LogP contribution is -2.40. The van der Waals surface area contributed by atoms with Gasteiger partial charge in [-0.1, -0.05) is 70.6 Å². The van der Waals surface area contributed by atoms with E-state index in [2.05, 4.69) is 26.2 Å². The summed E-state index contributed by atoms with van der Waals surface area (Å²) in [6.07, 6.45) is 21.7. The predicted molar refractivity (Wildman–Crippen MR) is 153 cm³/mol. The molecular formula is C27H45IN4O2S. The highest BCUT2D eigenvalue weighted by molar-refractivity contribution is 14.1. The smallest absolute Gasteiger partial charge is 0.153 e. The van der Waals surface area contributed by atoms with Gasteiger partial charge in [-0.2, -0.15) is 6.35 Å². The molecular weight excluding hydrogens is 571 g/mol. The molecule has 0 spiro atoms. The molecule has 0 bridgehead atoms. The number of fused-ring (bicyclic) bond motifs is 1. The molecule has 0 radical (unpaired) electrons. The van der Waals surface area contributed by atoms with Gasteiger partial charge in [0.2, 0.25) is 0 Å². The third-order valence-corrected chi connectivity index (χ3v) is 12.2. The fourth-order valence-electron chi connectivity index (χ4n) is 6.17. The molecule has 35 heavy (non-hydrogen) atoms. The molecule has 0 amide bonds. The number of aromatic amines is 1. The number of hydrogen-bond donors (Lipinski definition) is 1. The average molecular weight is 617 g/mol. The Hall–Kier alpha value is -0.770. The molecule has 1 aliphatic heterocycles. The van der Waals surface area contributed by atoms with Crippen LogP contribution in [0.5, 0.6) is 0 Å². The topological polar surface area (TPSA) is 77.9 Å². The molecule has 198 valence electrons. The quantitative estimate of drug-likeness (QED) is 0.404. The minimum absolute atomic E-state index is 0.109. The molecule has 2 aliphatic carbocycles. The standard InChI is InChI=1S/C27H45IN4O2S/c1-32(27-25-19-20-29-26(25)30-28-31-27)23-17-15-22(16-18-23)21-35(33,34)24-13-11-9-7-5-3-2-4-6-8-10-12-14-24/h19-20,22-24H,2-18,21H2,1H3,(H,29,30,31). The van der Waals surface area contributed by atoms with Crippen molar-refractivity contribution in [1.29, 1.82) is 0 Å². The Morgan fingerprint density at radius 1 is 0.886 bits per heavy atom. The first-order valence-corrected chi connectivity index (χ1v) is 17.7. The first-order valence-electron chi connectivity index (χ1n) is 14.1. The molecule has 0 aromatic carbocycles. The lowest BCUT2D eigenvalue weighted by molar-refractivity contribution is 0.227. The van der Waals surface area contributed by atoms with Gasteiger partial charge in [0, 0.05) is 19.3 Å². The Bertz CT molecular complexity index is 1030. The van der Waals surface area contributed by atoms with Crippen LogP contribution in [0.15, 0.2) is 18.6 Å². The molecule has 0 saturated heterocycles. The largest absolute Gasteiger partial charge is 0.356 e. The first-order chi connectivity index (χ1) is 17.0. The van der Waals surface area contributed by atoms with Crippen molar-refractivity contribution in [2.75, 3.05) is 12.8 Å². The summed E-state index contributed by atoms with van der Waals surface area (Å²) >= 11 is -0.534. The van der Waals surface area contributed by atoms with E-state index in [1.54, 1.807) is 0 Å². The van der Waals surface area contributed by atoms with E-state index in [9.17, 15) is 8.42 Å². The molecule has 1 aromatic rings. The monoisotopic (exact) mass is 616 g/mol. The van der Waals surface area contributed by atoms with Crippen LogP contribution in [-0.4, -0.2) is 42.4 Å². The van der Waals surface area contributed by atoms with Gasteiger partial charge < -0.3 is 9.88 Å². The van der Waals surface area contributed by atoms with Crippen molar-refractivity contribution in [2.24, 2.45) is 12.3 Å². The Labute approximate surface area is 222 Å². The third-order valence-electron chi connectivity index (χ3n) is 8.43. The minimum atomic E-state index is -3.03. The van der Waals surface area contributed by atoms with Crippen molar-refractivity contribution in [2.45, 2.75) is 120 Å². The molecule has 3 aliphatic rings. The van der Waals surface area contributed by atoms with Crippen molar-refractivity contribution in [3.8, 4) is 0 Å². The number of nitrogens with zero attached hydrogens (tertiary/aromatic N) is 3. The summed E-state index contributed by atoms with van der Waals surface area (Å²) in [5.41, 5.74) is 0.970. The third kappa shape index (κ3) is 7.86. The number of sulfone groups is 1. The lowest BCUT2D eigenvalue weighted by Gasteiger charge is -2.36. The van der Waals surface area contributed by atoms with E-state index >= 15 is 0 Å². The Morgan fingerprint density at radius 3 is 2.06 bits per heavy atom. The highest BCUT2D eigenvalue weighted by atomic mass is 127. The van der Waals surface area contributed by atoms with Crippen LogP contribution in [0, 0.1) is 5.92 Å². The molecule has 1 aromatic heterocycles. The summed E-state index contributed by atoms with van der Waals surface area (Å²) in [6.45, 7) is 0. The number of rotatable bonds is 5. The number of aromatic nitrogens is 1. The summed E-state index contributed by atoms with van der Waals surface area (Å²) in [5.74, 6) is 1.79. The van der Waals surface area contributed by atoms with Gasteiger partial charge in [-0.05, 0) is 50.5 Å². The van der Waals surface area contributed by atoms with Crippen LogP contribution in [0.3, 0.4) is 0 Å². The van der Waals surface area contributed by atoms with Gasteiger partial charge in [0.15, 0.2) is 9.84 Å². The van der Waals surface area contributed by atoms with E-state index in [1.165, 1.54) is 57.8 Å². The molecule has 0 atom stereocenters. The van der Waals surface area contributed by atoms with Gasteiger partial charge in [-0.3, -0.25) is 0 Å². The summed E-state index contributed by atoms with van der Waals surface area (Å²) in [6, 6.07) is 2.51. The van der Waals surface area contributed by atoms with Crippen molar-refractivity contribution in [3.05, 3.63) is 23.0 Å². The zero-order valence-electron chi connectivity index (χ0n) is 21.6. The molecule has 1 N–H and O–H groups in total. The van der Waals surface area contributed by atoms with Crippen molar-refractivity contribution in [1.82, 2.24) is 9.88 Å². The lowest BCUT2D eigenvalue weighted by atomic mass is 9.86. The number of hydrogen-bond acceptors (Lipinski definition) is 5. The summed E-state index contributed by atoms with van der Waals surface area (Å²) < 4.78 is 36.4. The Balaban J connectivity index is 1.31. The second kappa shape index (κ2) is 13.7. The van der Waals surface area contributed by atoms with Crippen molar-refractivity contribution >= 4 is 37.0 Å². The number of nitrogens with one attached hydrogen (secondary N) is 1. The maximum atomic E-state index is 13.5.